The maximum Gasteiger partial charge on any atom is 0.280 e. The van der Waals surface area contributed by atoms with Crippen LogP contribution in [0.1, 0.15) is 101 Å². The van der Waals surface area contributed by atoms with Gasteiger partial charge in [0.05, 0.1) is 26.4 Å². The molecule has 0 amide bonds. The van der Waals surface area contributed by atoms with E-state index in [0.29, 0.717) is 26.4 Å². The Morgan fingerprint density at radius 3 is 0.824 bits per heavy atom. The van der Waals surface area contributed by atoms with E-state index in [1.165, 1.54) is 22.3 Å². The van der Waals surface area contributed by atoms with Crippen molar-refractivity contribution < 1.29 is 23.1 Å². The molecule has 4 rings (SSSR count). The highest BCUT2D eigenvalue weighted by Crippen LogP contribution is 2.22. The Bertz CT molecular complexity index is 1420. The fourth-order valence-electron chi connectivity index (χ4n) is 5.71. The second-order valence-corrected chi connectivity index (χ2v) is 17.9. The molecule has 5 nitrogen and oxygen atoms in total. The van der Waals surface area contributed by atoms with Crippen LogP contribution in [0.5, 0.6) is 23.0 Å². The van der Waals surface area contributed by atoms with Crippen molar-refractivity contribution in [3.05, 3.63) is 95.1 Å². The van der Waals surface area contributed by atoms with Gasteiger partial charge in [0.15, 0.2) is 0 Å². The third-order valence-corrected chi connectivity index (χ3v) is 13.9. The van der Waals surface area contributed by atoms with E-state index in [2.05, 4.69) is 128 Å². The zero-order valence-corrected chi connectivity index (χ0v) is 34.5. The summed E-state index contributed by atoms with van der Waals surface area (Å²) in [6.07, 6.45) is 8.23. The van der Waals surface area contributed by atoms with Gasteiger partial charge in [-0.3, -0.25) is 0 Å². The van der Waals surface area contributed by atoms with Crippen molar-refractivity contribution in [3.8, 4) is 23.0 Å². The largest absolute Gasteiger partial charge is 0.494 e. The summed E-state index contributed by atoms with van der Waals surface area (Å²) in [6.45, 7) is 20.0. The van der Waals surface area contributed by atoms with Gasteiger partial charge in [-0.15, -0.1) is 0 Å². The molecule has 0 N–H and O–H groups in total. The summed E-state index contributed by atoms with van der Waals surface area (Å²) in [5.41, 5.74) is 4.69. The van der Waals surface area contributed by atoms with Crippen LogP contribution in [-0.4, -0.2) is 44.5 Å². The van der Waals surface area contributed by atoms with Gasteiger partial charge in [-0.2, -0.15) is 0 Å². The van der Waals surface area contributed by atoms with Crippen LogP contribution < -0.4 is 39.7 Å². The van der Waals surface area contributed by atoms with E-state index < -0.39 is 18.1 Å². The number of unbranched alkanes of at least 4 members (excludes halogenated alkanes) is 4. The van der Waals surface area contributed by atoms with Crippen molar-refractivity contribution in [1.29, 1.82) is 0 Å². The van der Waals surface area contributed by atoms with E-state index >= 15 is 0 Å². The van der Waals surface area contributed by atoms with E-state index in [4.69, 9.17) is 23.1 Å². The van der Waals surface area contributed by atoms with Crippen molar-refractivity contribution in [2.24, 2.45) is 0 Å². The van der Waals surface area contributed by atoms with Crippen LogP contribution in [-0.2, 0) is 4.12 Å². The lowest BCUT2D eigenvalue weighted by Crippen LogP contribution is -2.57. The van der Waals surface area contributed by atoms with Crippen LogP contribution in [0.25, 0.3) is 0 Å². The lowest BCUT2D eigenvalue weighted by molar-refractivity contribution is 0.310. The van der Waals surface area contributed by atoms with E-state index in [1.807, 2.05) is 0 Å². The van der Waals surface area contributed by atoms with Crippen LogP contribution in [0.2, 0.25) is 0 Å². The van der Waals surface area contributed by atoms with Crippen LogP contribution >= 0.6 is 0 Å². The van der Waals surface area contributed by atoms with Gasteiger partial charge in [-0.25, -0.2) is 0 Å². The molecule has 274 valence electrons. The normalized spacial score (nSPS) is 11.3. The molecule has 0 aliphatic heterocycles. The van der Waals surface area contributed by atoms with Gasteiger partial charge in [-0.05, 0) is 77.6 Å². The third-order valence-electron chi connectivity index (χ3n) is 8.74. The molecule has 0 saturated carbocycles. The molecule has 7 heteroatoms. The van der Waals surface area contributed by atoms with E-state index in [-0.39, 0.29) is 0 Å². The molecule has 0 spiro atoms. The molecule has 0 heterocycles. The molecular formula is C44H60O5Si2. The van der Waals surface area contributed by atoms with E-state index in [0.717, 1.165) is 95.1 Å². The summed E-state index contributed by atoms with van der Waals surface area (Å²) in [6, 6.07) is 26.2. The maximum atomic E-state index is 7.89. The van der Waals surface area contributed by atoms with E-state index in [1.54, 1.807) is 0 Å². The van der Waals surface area contributed by atoms with Gasteiger partial charge in [0.25, 0.3) is 18.1 Å². The Balaban J connectivity index is 2.01. The Morgan fingerprint density at radius 2 is 0.608 bits per heavy atom. The monoisotopic (exact) mass is 724 g/mol. The number of hydrogen-bond acceptors (Lipinski definition) is 5. The van der Waals surface area contributed by atoms with Gasteiger partial charge in [0.2, 0.25) is 0 Å². The summed E-state index contributed by atoms with van der Waals surface area (Å²) < 4.78 is 34.2. The fourth-order valence-corrected chi connectivity index (χ4v) is 11.8. The molecule has 0 aliphatic rings. The van der Waals surface area contributed by atoms with Crippen LogP contribution in [0.4, 0.5) is 0 Å². The van der Waals surface area contributed by atoms with Gasteiger partial charge >= 0.3 is 0 Å². The molecular weight excluding hydrogens is 665 g/mol. The van der Waals surface area contributed by atoms with Crippen LogP contribution in [0.15, 0.2) is 72.8 Å². The fraction of sp³-hybridized carbons (Fsp3) is 0.455. The van der Waals surface area contributed by atoms with Crippen molar-refractivity contribution in [2.75, 3.05) is 26.4 Å². The number of hydrogen-bond donors (Lipinski definition) is 0. The van der Waals surface area contributed by atoms with Gasteiger partial charge in [0, 0.05) is 20.7 Å². The molecule has 0 aromatic heterocycles. The molecule has 0 saturated heterocycles. The van der Waals surface area contributed by atoms with Crippen molar-refractivity contribution in [3.63, 3.8) is 0 Å². The molecule has 0 bridgehead atoms. The summed E-state index contributed by atoms with van der Waals surface area (Å²) >= 11 is 0. The lowest BCUT2D eigenvalue weighted by Gasteiger charge is -2.29. The zero-order chi connectivity index (χ0) is 36.6. The highest BCUT2D eigenvalue weighted by atomic mass is 28.4. The predicted octanol–water partition coefficient (Wildman–Crippen LogP) is 8.56. The second kappa shape index (κ2) is 21.1. The van der Waals surface area contributed by atoms with Crippen LogP contribution in [0, 0.1) is 27.7 Å². The molecule has 51 heavy (non-hydrogen) atoms. The predicted molar refractivity (Wildman–Crippen MR) is 217 cm³/mol. The molecule has 4 aromatic carbocycles. The summed E-state index contributed by atoms with van der Waals surface area (Å²) in [4.78, 5) is 0. The van der Waals surface area contributed by atoms with E-state index in [9.17, 15) is 0 Å². The molecule has 2 radical (unpaired) electrons. The van der Waals surface area contributed by atoms with Gasteiger partial charge in [-0.1, -0.05) is 124 Å². The minimum atomic E-state index is -1.99. The summed E-state index contributed by atoms with van der Waals surface area (Å²) in [7, 11) is -3.99. The Labute approximate surface area is 312 Å². The minimum Gasteiger partial charge on any atom is -0.494 e. The summed E-state index contributed by atoms with van der Waals surface area (Å²) in [5.74, 6) is 3.55. The lowest BCUT2D eigenvalue weighted by atomic mass is 10.2. The highest BCUT2D eigenvalue weighted by molar-refractivity contribution is 6.93. The first-order chi connectivity index (χ1) is 24.8. The maximum absolute atomic E-state index is 7.89. The molecule has 0 atom stereocenters. The first kappa shape index (κ1) is 40.2. The number of benzene rings is 4. The minimum absolute atomic E-state index is 0.661. The molecule has 4 aromatic rings. The molecule has 0 unspecified atom stereocenters. The highest BCUT2D eigenvalue weighted by Gasteiger charge is 2.36. The van der Waals surface area contributed by atoms with Gasteiger partial charge in [0.1, 0.15) is 23.0 Å². The molecule has 0 aliphatic carbocycles. The smallest absolute Gasteiger partial charge is 0.280 e. The number of ether oxygens (including phenoxy) is 4. The number of rotatable bonds is 22. The second-order valence-electron chi connectivity index (χ2n) is 13.6. The van der Waals surface area contributed by atoms with Crippen LogP contribution in [0.3, 0.4) is 0 Å². The van der Waals surface area contributed by atoms with Gasteiger partial charge < -0.3 is 23.1 Å². The van der Waals surface area contributed by atoms with Crippen molar-refractivity contribution in [2.45, 2.75) is 107 Å². The van der Waals surface area contributed by atoms with Crippen molar-refractivity contribution >= 4 is 38.8 Å². The third kappa shape index (κ3) is 11.7. The molecule has 0 fully saturated rings. The Morgan fingerprint density at radius 1 is 0.373 bits per heavy atom. The topological polar surface area (TPSA) is 46.2 Å². The number of aryl methyl sites for hydroxylation is 4. The van der Waals surface area contributed by atoms with Crippen molar-refractivity contribution in [1.82, 2.24) is 0 Å². The zero-order valence-electron chi connectivity index (χ0n) is 32.5. The SMILES string of the molecule is CCCCOc1ccc(C)cc1[Si](O[Si](c1cc(C)ccc1OCCCC)c1cc(C)ccc1OCCCC)c1cc(C)ccc1OCCCC. The Kier molecular flexibility index (Phi) is 16.7. The summed E-state index contributed by atoms with van der Waals surface area (Å²) in [5, 5.41) is 4.41. The first-order valence-corrected chi connectivity index (χ1v) is 22.0. The first-order valence-electron chi connectivity index (χ1n) is 19.2. The quantitative estimate of drug-likeness (QED) is 0.0601. The standard InChI is InChI=1S/C44H60O5Si2/c1-9-13-25-45-37-21-17-33(5)29-41(37)50(42-30-34(6)18-22-38(42)46-26-14-10-2)49-51(43-31-35(7)19-23-39(43)47-27-15-11-3)44-32-36(8)20-24-40(44)48-28-16-12-4/h17-24,29-32H,9-16,25-28H2,1-8H3. The average molecular weight is 725 g/mol. The Hall–Kier alpha value is -3.53. The average Bonchev–Trinajstić information content (AvgIpc) is 3.12.